The summed E-state index contributed by atoms with van der Waals surface area (Å²) in [4.78, 5) is 31.4. The molecule has 2 aromatic heterocycles. The van der Waals surface area contributed by atoms with Crippen LogP contribution in [0, 0.1) is 0 Å². The Morgan fingerprint density at radius 3 is 2.33 bits per heavy atom. The van der Waals surface area contributed by atoms with Crippen molar-refractivity contribution in [2.75, 3.05) is 21.3 Å². The van der Waals surface area contributed by atoms with E-state index in [0.717, 1.165) is 12.8 Å². The molecule has 0 aliphatic heterocycles. The van der Waals surface area contributed by atoms with Crippen LogP contribution in [0.5, 0.6) is 17.2 Å². The van der Waals surface area contributed by atoms with Crippen LogP contribution in [-0.4, -0.2) is 30.9 Å². The van der Waals surface area contributed by atoms with Gasteiger partial charge in [0.25, 0.3) is 5.56 Å². The minimum Gasteiger partial charge on any atom is -0.493 e. The van der Waals surface area contributed by atoms with Crippen LogP contribution in [0.3, 0.4) is 0 Å². The molecule has 0 spiro atoms. The molecule has 0 saturated heterocycles. The Balaban J connectivity index is 2.10. The first-order chi connectivity index (χ1) is 15.9. The zero-order valence-corrected chi connectivity index (χ0v) is 19.5. The average Bonchev–Trinajstić information content (AvgIpc) is 2.82. The largest absolute Gasteiger partial charge is 0.493 e. The predicted molar refractivity (Wildman–Crippen MR) is 127 cm³/mol. The molecule has 0 N–H and O–H groups in total. The molecular weight excluding hydrogens is 448 g/mol. The van der Waals surface area contributed by atoms with Crippen molar-refractivity contribution in [1.82, 2.24) is 9.55 Å². The van der Waals surface area contributed by atoms with Crippen molar-refractivity contribution < 1.29 is 18.6 Å². The molecule has 2 aromatic carbocycles. The summed E-state index contributed by atoms with van der Waals surface area (Å²) in [5.41, 5.74) is -0.138. The zero-order valence-electron chi connectivity index (χ0n) is 18.7. The van der Waals surface area contributed by atoms with Gasteiger partial charge in [0.2, 0.25) is 16.9 Å². The molecule has 4 rings (SSSR count). The monoisotopic (exact) mass is 470 g/mol. The van der Waals surface area contributed by atoms with Crippen LogP contribution in [0.15, 0.2) is 44.3 Å². The minimum absolute atomic E-state index is 0.0451. The van der Waals surface area contributed by atoms with Gasteiger partial charge in [0.15, 0.2) is 16.9 Å². The van der Waals surface area contributed by atoms with E-state index in [-0.39, 0.29) is 16.5 Å². The van der Waals surface area contributed by atoms with Crippen molar-refractivity contribution in [3.8, 4) is 28.6 Å². The molecule has 0 saturated carbocycles. The molecule has 0 aliphatic rings. The van der Waals surface area contributed by atoms with Gasteiger partial charge in [-0.1, -0.05) is 24.9 Å². The lowest BCUT2D eigenvalue weighted by Gasteiger charge is -2.17. The summed E-state index contributed by atoms with van der Waals surface area (Å²) in [6.07, 6.45) is 1.57. The molecule has 0 atom stereocenters. The van der Waals surface area contributed by atoms with Gasteiger partial charge in [-0.15, -0.1) is 0 Å². The molecular formula is C24H23ClN2O6. The van der Waals surface area contributed by atoms with E-state index in [1.165, 1.54) is 32.0 Å². The topological polar surface area (TPSA) is 92.8 Å². The number of methoxy groups -OCH3 is 3. The maximum atomic E-state index is 13.6. The summed E-state index contributed by atoms with van der Waals surface area (Å²) < 4.78 is 23.7. The van der Waals surface area contributed by atoms with Gasteiger partial charge in [0, 0.05) is 17.1 Å². The smallest absolute Gasteiger partial charge is 0.269 e. The minimum atomic E-state index is -0.479. The number of halogens is 1. The zero-order chi connectivity index (χ0) is 23.7. The van der Waals surface area contributed by atoms with Crippen LogP contribution in [0.2, 0.25) is 5.02 Å². The fourth-order valence-electron chi connectivity index (χ4n) is 3.76. The molecule has 8 nitrogen and oxygen atoms in total. The molecule has 172 valence electrons. The Labute approximate surface area is 194 Å². The molecule has 0 aliphatic carbocycles. The van der Waals surface area contributed by atoms with Crippen molar-refractivity contribution in [2.45, 2.75) is 26.3 Å². The third-order valence-electron chi connectivity index (χ3n) is 5.41. The predicted octanol–water partition coefficient (Wildman–Crippen LogP) is 4.65. The number of nitrogens with zero attached hydrogens (tertiary/aromatic N) is 2. The van der Waals surface area contributed by atoms with E-state index < -0.39 is 11.0 Å². The third-order valence-corrected chi connectivity index (χ3v) is 5.65. The molecule has 0 fully saturated rings. The molecule has 33 heavy (non-hydrogen) atoms. The maximum Gasteiger partial charge on any atom is 0.269 e. The second kappa shape index (κ2) is 9.15. The van der Waals surface area contributed by atoms with E-state index in [1.807, 2.05) is 6.92 Å². The van der Waals surface area contributed by atoms with Gasteiger partial charge in [-0.2, -0.15) is 4.98 Å². The van der Waals surface area contributed by atoms with E-state index in [0.29, 0.717) is 45.8 Å². The van der Waals surface area contributed by atoms with Gasteiger partial charge in [0.05, 0.1) is 26.7 Å². The van der Waals surface area contributed by atoms with Crippen LogP contribution >= 0.6 is 11.6 Å². The Morgan fingerprint density at radius 1 is 1.03 bits per heavy atom. The number of benzene rings is 2. The first kappa shape index (κ1) is 22.7. The average molecular weight is 471 g/mol. The SMILES string of the molecule is CCCCn1c(-c2cc(OC)c(OC)c(OC)c2)nc2oc3ccc(Cl)cc3c(=O)c2c1=O. The lowest BCUT2D eigenvalue weighted by Crippen LogP contribution is -2.27. The molecule has 0 amide bonds. The number of aromatic nitrogens is 2. The highest BCUT2D eigenvalue weighted by Crippen LogP contribution is 2.41. The summed E-state index contributed by atoms with van der Waals surface area (Å²) in [6.45, 7) is 2.39. The molecule has 0 bridgehead atoms. The summed E-state index contributed by atoms with van der Waals surface area (Å²) in [5, 5.41) is 0.496. The fraction of sp³-hybridized carbons (Fsp3) is 0.292. The van der Waals surface area contributed by atoms with Crippen LogP contribution in [0.25, 0.3) is 33.5 Å². The fourth-order valence-corrected chi connectivity index (χ4v) is 3.94. The van der Waals surface area contributed by atoms with Crippen molar-refractivity contribution in [1.29, 1.82) is 0 Å². The van der Waals surface area contributed by atoms with Gasteiger partial charge >= 0.3 is 0 Å². The number of hydrogen-bond acceptors (Lipinski definition) is 7. The first-order valence-electron chi connectivity index (χ1n) is 10.4. The number of unbranched alkanes of at least 4 members (excludes halogenated alkanes) is 1. The van der Waals surface area contributed by atoms with E-state index >= 15 is 0 Å². The summed E-state index contributed by atoms with van der Waals surface area (Å²) in [6, 6.07) is 8.10. The van der Waals surface area contributed by atoms with Gasteiger partial charge in [-0.05, 0) is 36.8 Å². The third kappa shape index (κ3) is 3.91. The first-order valence-corrected chi connectivity index (χ1v) is 10.8. The Morgan fingerprint density at radius 2 is 1.73 bits per heavy atom. The second-order valence-electron chi connectivity index (χ2n) is 7.41. The number of hydrogen-bond donors (Lipinski definition) is 0. The number of fused-ring (bicyclic) bond motifs is 2. The van der Waals surface area contributed by atoms with E-state index in [9.17, 15) is 9.59 Å². The van der Waals surface area contributed by atoms with Crippen LogP contribution in [-0.2, 0) is 6.54 Å². The van der Waals surface area contributed by atoms with Gasteiger partial charge in [0.1, 0.15) is 11.4 Å². The highest BCUT2D eigenvalue weighted by molar-refractivity contribution is 6.31. The van der Waals surface area contributed by atoms with Gasteiger partial charge < -0.3 is 18.6 Å². The Bertz CT molecular complexity index is 1450. The highest BCUT2D eigenvalue weighted by Gasteiger charge is 2.22. The molecule has 9 heteroatoms. The lowest BCUT2D eigenvalue weighted by atomic mass is 10.1. The van der Waals surface area contributed by atoms with E-state index in [1.54, 1.807) is 24.3 Å². The Hall–Kier alpha value is -3.52. The standard InChI is InChI=1S/C24H23ClN2O6/c1-5-6-9-27-22(13-10-17(30-2)21(32-4)18(11-13)31-3)26-23-19(24(27)29)20(28)15-12-14(25)7-8-16(15)33-23/h7-8,10-12H,5-6,9H2,1-4H3. The number of ether oxygens (including phenoxy) is 3. The van der Waals surface area contributed by atoms with Gasteiger partial charge in [-0.25, -0.2) is 0 Å². The summed E-state index contributed by atoms with van der Waals surface area (Å²) in [5.74, 6) is 1.58. The second-order valence-corrected chi connectivity index (χ2v) is 7.85. The molecule has 0 radical (unpaired) electrons. The van der Waals surface area contributed by atoms with Crippen molar-refractivity contribution in [2.24, 2.45) is 0 Å². The quantitative estimate of drug-likeness (QED) is 0.363. The van der Waals surface area contributed by atoms with E-state index in [4.69, 9.17) is 30.2 Å². The van der Waals surface area contributed by atoms with E-state index in [2.05, 4.69) is 4.98 Å². The molecule has 2 heterocycles. The Kier molecular flexibility index (Phi) is 6.29. The van der Waals surface area contributed by atoms with Crippen LogP contribution in [0.1, 0.15) is 19.8 Å². The van der Waals surface area contributed by atoms with Crippen molar-refractivity contribution in [3.05, 3.63) is 55.9 Å². The molecule has 0 unspecified atom stereocenters. The lowest BCUT2D eigenvalue weighted by molar-refractivity contribution is 0.324. The maximum absolute atomic E-state index is 13.6. The highest BCUT2D eigenvalue weighted by atomic mass is 35.5. The molecule has 4 aromatic rings. The van der Waals surface area contributed by atoms with Gasteiger partial charge in [-0.3, -0.25) is 14.2 Å². The summed E-state index contributed by atoms with van der Waals surface area (Å²) >= 11 is 6.06. The van der Waals surface area contributed by atoms with Crippen LogP contribution < -0.4 is 25.2 Å². The normalized spacial score (nSPS) is 11.2. The van der Waals surface area contributed by atoms with Crippen molar-refractivity contribution in [3.63, 3.8) is 0 Å². The van der Waals surface area contributed by atoms with Crippen LogP contribution in [0.4, 0.5) is 0 Å². The number of rotatable bonds is 7. The summed E-state index contributed by atoms with van der Waals surface area (Å²) in [7, 11) is 4.53. The van der Waals surface area contributed by atoms with Crippen molar-refractivity contribution >= 4 is 33.7 Å².